The van der Waals surface area contributed by atoms with Gasteiger partial charge in [-0.05, 0) is 0 Å². The van der Waals surface area contributed by atoms with Crippen LogP contribution in [0.25, 0.3) is 0 Å². The molecule has 0 rings (SSSR count). The van der Waals surface area contributed by atoms with E-state index in [1.807, 2.05) is 0 Å². The second-order valence-corrected chi connectivity index (χ2v) is 2.08. The van der Waals surface area contributed by atoms with Gasteiger partial charge in [0.2, 0.25) is 0 Å². The third kappa shape index (κ3) is 5.78. The minimum atomic E-state index is -0.799. The molecule has 0 bridgehead atoms. The zero-order chi connectivity index (χ0) is 6.41. The quantitative estimate of drug-likeness (QED) is 0.449. The number of carboxylic acid groups (broad SMARTS) is 1. The van der Waals surface area contributed by atoms with Gasteiger partial charge < -0.3 is 9.84 Å². The number of thioether (sulfide) groups is 1. The predicted molar refractivity (Wildman–Crippen MR) is 32.0 cm³/mol. The van der Waals surface area contributed by atoms with Crippen LogP contribution in [0.3, 0.4) is 0 Å². The zero-order valence-corrected chi connectivity index (χ0v) is 5.40. The predicted octanol–water partition coefficient (Wildman–Crippen LogP) is 0.408. The van der Waals surface area contributed by atoms with Gasteiger partial charge in [0.15, 0.2) is 0 Å². The number of carbonyl (C=O) groups is 1. The maximum absolute atomic E-state index is 9.80. The van der Waals surface area contributed by atoms with Crippen molar-refractivity contribution in [2.45, 2.75) is 0 Å². The van der Waals surface area contributed by atoms with Crippen molar-refractivity contribution in [2.75, 3.05) is 18.8 Å². The van der Waals surface area contributed by atoms with Gasteiger partial charge in [-0.15, -0.1) is 11.8 Å². The molecule has 48 valence electrons. The maximum Gasteiger partial charge on any atom is 0.313 e. The van der Waals surface area contributed by atoms with E-state index in [0.29, 0.717) is 5.94 Å². The van der Waals surface area contributed by atoms with Crippen molar-refractivity contribution in [1.82, 2.24) is 0 Å². The van der Waals surface area contributed by atoms with Crippen LogP contribution in [0.5, 0.6) is 0 Å². The van der Waals surface area contributed by atoms with Crippen LogP contribution >= 0.6 is 11.8 Å². The maximum atomic E-state index is 9.80. The number of hydrogen-bond donors (Lipinski definition) is 1. The lowest BCUT2D eigenvalue weighted by Crippen LogP contribution is -1.98. The molecule has 0 unspecified atom stereocenters. The van der Waals surface area contributed by atoms with Crippen LogP contribution in [0, 0.1) is 0 Å². The van der Waals surface area contributed by atoms with E-state index in [-0.39, 0.29) is 5.75 Å². The van der Waals surface area contributed by atoms with Crippen molar-refractivity contribution in [2.24, 2.45) is 0 Å². The topological polar surface area (TPSA) is 46.5 Å². The second-order valence-electron chi connectivity index (χ2n) is 1.15. The fourth-order valence-electron chi connectivity index (χ4n) is 0.212. The lowest BCUT2D eigenvalue weighted by Gasteiger charge is -1.92. The van der Waals surface area contributed by atoms with E-state index in [1.165, 1.54) is 18.9 Å². The molecule has 3 nitrogen and oxygen atoms in total. The average Bonchev–Trinajstić information content (AvgIpc) is 1.66. The molecule has 0 amide bonds. The molecule has 0 aliphatic carbocycles. The zero-order valence-electron chi connectivity index (χ0n) is 4.59. The molecule has 0 saturated heterocycles. The molecule has 0 atom stereocenters. The van der Waals surface area contributed by atoms with Gasteiger partial charge in [-0.1, -0.05) is 0 Å². The highest BCUT2D eigenvalue weighted by Gasteiger charge is 1.93. The minimum Gasteiger partial charge on any atom is -0.481 e. The van der Waals surface area contributed by atoms with Crippen molar-refractivity contribution in [3.63, 3.8) is 0 Å². The number of rotatable bonds is 4. The third-order valence-electron chi connectivity index (χ3n) is 0.427. The Morgan fingerprint density at radius 3 is 2.88 bits per heavy atom. The van der Waals surface area contributed by atoms with Gasteiger partial charge in [-0.2, -0.15) is 0 Å². The van der Waals surface area contributed by atoms with Crippen LogP contribution in [0.2, 0.25) is 0 Å². The Bertz CT molecular complexity index is 73.7. The van der Waals surface area contributed by atoms with Crippen LogP contribution in [0.1, 0.15) is 0 Å². The van der Waals surface area contributed by atoms with E-state index in [0.717, 1.165) is 0 Å². The monoisotopic (exact) mass is 136 g/mol. The fourth-order valence-corrected chi connectivity index (χ4v) is 0.637. The molecule has 0 aromatic carbocycles. The van der Waals surface area contributed by atoms with Crippen molar-refractivity contribution in [3.05, 3.63) is 0 Å². The Labute approximate surface area is 52.0 Å². The van der Waals surface area contributed by atoms with Gasteiger partial charge in [0.25, 0.3) is 0 Å². The molecule has 0 aromatic heterocycles. The Morgan fingerprint density at radius 1 is 1.88 bits per heavy atom. The summed E-state index contributed by atoms with van der Waals surface area (Å²) in [4.78, 5) is 9.80. The first kappa shape index (κ1) is 7.78. The molecular formula is C4H8O3S. The first-order valence-corrected chi connectivity index (χ1v) is 3.21. The fraction of sp³-hybridized carbons (Fsp3) is 0.750. The Hall–Kier alpha value is -0.220. The van der Waals surface area contributed by atoms with Crippen molar-refractivity contribution < 1.29 is 14.6 Å². The molecule has 0 radical (unpaired) electrons. The molecule has 8 heavy (non-hydrogen) atoms. The summed E-state index contributed by atoms with van der Waals surface area (Å²) in [6.45, 7) is 0. The highest BCUT2D eigenvalue weighted by molar-refractivity contribution is 7.99. The van der Waals surface area contributed by atoms with Gasteiger partial charge in [-0.3, -0.25) is 4.79 Å². The SMILES string of the molecule is COCSCC(=O)O. The van der Waals surface area contributed by atoms with Crippen molar-refractivity contribution in [1.29, 1.82) is 0 Å². The Balaban J connectivity index is 2.82. The number of ether oxygens (including phenoxy) is 1. The Kier molecular flexibility index (Phi) is 4.79. The van der Waals surface area contributed by atoms with Crippen LogP contribution in [0.4, 0.5) is 0 Å². The first-order chi connectivity index (χ1) is 3.77. The number of methoxy groups -OCH3 is 1. The smallest absolute Gasteiger partial charge is 0.313 e. The summed E-state index contributed by atoms with van der Waals surface area (Å²) in [7, 11) is 1.54. The molecular weight excluding hydrogens is 128 g/mol. The summed E-state index contributed by atoms with van der Waals surface area (Å²) in [6, 6.07) is 0. The highest BCUT2D eigenvalue weighted by atomic mass is 32.2. The summed E-state index contributed by atoms with van der Waals surface area (Å²) < 4.78 is 4.59. The molecule has 0 aliphatic heterocycles. The molecule has 0 spiro atoms. The van der Waals surface area contributed by atoms with Gasteiger partial charge in [0, 0.05) is 7.11 Å². The summed E-state index contributed by atoms with van der Waals surface area (Å²) in [5, 5.41) is 8.06. The number of aliphatic carboxylic acids is 1. The number of hydrogen-bond acceptors (Lipinski definition) is 3. The van der Waals surface area contributed by atoms with Gasteiger partial charge in [0.1, 0.15) is 0 Å². The average molecular weight is 136 g/mol. The normalized spacial score (nSPS) is 9.12. The summed E-state index contributed by atoms with van der Waals surface area (Å²) >= 11 is 1.24. The van der Waals surface area contributed by atoms with Gasteiger partial charge in [-0.25, -0.2) is 0 Å². The third-order valence-corrected chi connectivity index (χ3v) is 1.28. The molecule has 0 aromatic rings. The largest absolute Gasteiger partial charge is 0.481 e. The molecule has 4 heteroatoms. The minimum absolute atomic E-state index is 0.119. The highest BCUT2D eigenvalue weighted by Crippen LogP contribution is 1.96. The van der Waals surface area contributed by atoms with E-state index in [2.05, 4.69) is 4.74 Å². The van der Waals surface area contributed by atoms with Gasteiger partial charge in [0.05, 0.1) is 11.7 Å². The lowest BCUT2D eigenvalue weighted by molar-refractivity contribution is -0.133. The molecule has 1 N–H and O–H groups in total. The summed E-state index contributed by atoms with van der Waals surface area (Å²) in [5.74, 6) is -0.229. The molecule has 0 fully saturated rings. The van der Waals surface area contributed by atoms with Crippen molar-refractivity contribution >= 4 is 17.7 Å². The van der Waals surface area contributed by atoms with Crippen LogP contribution < -0.4 is 0 Å². The lowest BCUT2D eigenvalue weighted by atomic mass is 10.8. The second kappa shape index (κ2) is 4.93. The summed E-state index contributed by atoms with van der Waals surface area (Å²) in [6.07, 6.45) is 0. The van der Waals surface area contributed by atoms with Crippen LogP contribution in [-0.4, -0.2) is 29.9 Å². The molecule has 0 heterocycles. The molecule has 0 aliphatic rings. The summed E-state index contributed by atoms with van der Waals surface area (Å²) in [5.41, 5.74) is 0. The van der Waals surface area contributed by atoms with E-state index in [1.54, 1.807) is 0 Å². The first-order valence-electron chi connectivity index (χ1n) is 2.06. The van der Waals surface area contributed by atoms with E-state index >= 15 is 0 Å². The van der Waals surface area contributed by atoms with E-state index in [9.17, 15) is 4.79 Å². The van der Waals surface area contributed by atoms with Crippen LogP contribution in [-0.2, 0) is 9.53 Å². The number of carboxylic acids is 1. The van der Waals surface area contributed by atoms with Crippen molar-refractivity contribution in [3.8, 4) is 0 Å². The van der Waals surface area contributed by atoms with Crippen LogP contribution in [0.15, 0.2) is 0 Å². The standard InChI is InChI=1S/C4H8O3S/c1-7-3-8-2-4(5)6/h2-3H2,1H3,(H,5,6). The molecule has 0 saturated carbocycles. The van der Waals surface area contributed by atoms with E-state index < -0.39 is 5.97 Å². The van der Waals surface area contributed by atoms with Gasteiger partial charge >= 0.3 is 5.97 Å². The Morgan fingerprint density at radius 2 is 2.50 bits per heavy atom. The van der Waals surface area contributed by atoms with E-state index in [4.69, 9.17) is 5.11 Å².